The van der Waals surface area contributed by atoms with E-state index in [1.54, 1.807) is 53.4 Å². The SMILES string of the molecule is COC(=O)C1=CN(C(=O)c2ccccc2)N=C(c2ccc(Cl)cc2)CC12C(=O)N(Cc1ccccc1)c1ccc(C)cc12. The average Bonchev–Trinajstić information content (AvgIpc) is 3.15. The lowest BCUT2D eigenvalue weighted by Crippen LogP contribution is -2.45. The molecule has 0 N–H and O–H groups in total. The molecule has 0 aliphatic carbocycles. The highest BCUT2D eigenvalue weighted by Crippen LogP contribution is 2.51. The fourth-order valence-corrected chi connectivity index (χ4v) is 5.89. The lowest BCUT2D eigenvalue weighted by molar-refractivity contribution is -0.138. The van der Waals surface area contributed by atoms with Crippen molar-refractivity contribution in [1.82, 2.24) is 5.01 Å². The molecule has 0 aromatic heterocycles. The molecule has 8 heteroatoms. The van der Waals surface area contributed by atoms with Gasteiger partial charge in [0, 0.05) is 28.9 Å². The van der Waals surface area contributed by atoms with E-state index in [-0.39, 0.29) is 17.9 Å². The van der Waals surface area contributed by atoms with Gasteiger partial charge in [-0.05, 0) is 53.9 Å². The summed E-state index contributed by atoms with van der Waals surface area (Å²) in [6.07, 6.45) is 1.37. The number of halogens is 1. The Labute approximate surface area is 254 Å². The molecular formula is C35H28ClN3O4. The van der Waals surface area contributed by atoms with Gasteiger partial charge in [-0.15, -0.1) is 0 Å². The van der Waals surface area contributed by atoms with Crippen molar-refractivity contribution in [3.63, 3.8) is 0 Å². The first kappa shape index (κ1) is 28.1. The molecule has 2 heterocycles. The van der Waals surface area contributed by atoms with Gasteiger partial charge in [0.05, 0.1) is 24.9 Å². The molecule has 1 spiro atoms. The van der Waals surface area contributed by atoms with Crippen molar-refractivity contribution in [2.45, 2.75) is 25.3 Å². The molecule has 7 nitrogen and oxygen atoms in total. The Morgan fingerprint density at radius 1 is 0.930 bits per heavy atom. The van der Waals surface area contributed by atoms with Crippen LogP contribution in [0, 0.1) is 6.92 Å². The topological polar surface area (TPSA) is 79.3 Å². The molecule has 0 saturated carbocycles. The summed E-state index contributed by atoms with van der Waals surface area (Å²) in [6, 6.07) is 31.2. The van der Waals surface area contributed by atoms with Gasteiger partial charge in [-0.25, -0.2) is 9.80 Å². The molecule has 0 bridgehead atoms. The standard InChI is InChI=1S/C35H28ClN3O4/c1-23-13-18-31-28(19-23)35(34(42)38(31)21-24-9-5-3-6-10-24)20-30(25-14-16-27(36)17-15-25)37-39(22-29(35)33(41)43-2)32(40)26-11-7-4-8-12-26/h3-19,22H,20-21H2,1-2H3. The third-order valence-electron chi connectivity index (χ3n) is 7.88. The van der Waals surface area contributed by atoms with Crippen molar-refractivity contribution in [3.8, 4) is 0 Å². The summed E-state index contributed by atoms with van der Waals surface area (Å²) < 4.78 is 5.29. The molecule has 43 heavy (non-hydrogen) atoms. The normalized spacial score (nSPS) is 17.7. The minimum Gasteiger partial charge on any atom is -0.466 e. The minimum absolute atomic E-state index is 0.00864. The number of amides is 2. The maximum atomic E-state index is 14.9. The summed E-state index contributed by atoms with van der Waals surface area (Å²) in [5, 5.41) is 6.45. The number of hydrogen-bond donors (Lipinski definition) is 0. The van der Waals surface area contributed by atoms with Crippen molar-refractivity contribution < 1.29 is 19.1 Å². The van der Waals surface area contributed by atoms with Crippen LogP contribution in [0.3, 0.4) is 0 Å². The van der Waals surface area contributed by atoms with Gasteiger partial charge in [0.15, 0.2) is 0 Å². The van der Waals surface area contributed by atoms with Gasteiger partial charge in [-0.2, -0.15) is 5.10 Å². The molecule has 214 valence electrons. The minimum atomic E-state index is -1.52. The Morgan fingerprint density at radius 3 is 2.28 bits per heavy atom. The summed E-state index contributed by atoms with van der Waals surface area (Å²) in [5.74, 6) is -1.48. The van der Waals surface area contributed by atoms with Crippen LogP contribution in [0.2, 0.25) is 5.02 Å². The second-order valence-corrected chi connectivity index (χ2v) is 11.0. The maximum absolute atomic E-state index is 14.9. The highest BCUT2D eigenvalue weighted by molar-refractivity contribution is 6.30. The third-order valence-corrected chi connectivity index (χ3v) is 8.13. The summed E-state index contributed by atoms with van der Waals surface area (Å²) in [5.41, 5.74) is 3.18. The molecule has 1 unspecified atom stereocenters. The van der Waals surface area contributed by atoms with Gasteiger partial charge >= 0.3 is 5.97 Å². The van der Waals surface area contributed by atoms with E-state index >= 15 is 0 Å². The second kappa shape index (κ2) is 11.3. The number of methoxy groups -OCH3 is 1. The zero-order chi connectivity index (χ0) is 30.1. The van der Waals surface area contributed by atoms with E-state index in [1.807, 2.05) is 61.5 Å². The van der Waals surface area contributed by atoms with E-state index in [9.17, 15) is 14.4 Å². The van der Waals surface area contributed by atoms with Crippen LogP contribution in [0.4, 0.5) is 5.69 Å². The highest BCUT2D eigenvalue weighted by Gasteiger charge is 2.57. The second-order valence-electron chi connectivity index (χ2n) is 10.6. The van der Waals surface area contributed by atoms with Crippen LogP contribution in [0.1, 0.15) is 39.0 Å². The summed E-state index contributed by atoms with van der Waals surface area (Å²) in [7, 11) is 1.27. The molecule has 2 aliphatic heterocycles. The van der Waals surface area contributed by atoms with Crippen LogP contribution in [-0.2, 0) is 26.3 Å². The van der Waals surface area contributed by atoms with E-state index in [4.69, 9.17) is 21.4 Å². The molecule has 2 aliphatic rings. The smallest absolute Gasteiger partial charge is 0.336 e. The summed E-state index contributed by atoms with van der Waals surface area (Å²) >= 11 is 6.21. The van der Waals surface area contributed by atoms with Gasteiger partial charge in [0.2, 0.25) is 5.91 Å². The number of hydrazone groups is 1. The molecule has 0 saturated heterocycles. The fraction of sp³-hybridized carbons (Fsp3) is 0.143. The van der Waals surface area contributed by atoms with E-state index in [0.29, 0.717) is 39.7 Å². The van der Waals surface area contributed by atoms with Crippen LogP contribution >= 0.6 is 11.6 Å². The van der Waals surface area contributed by atoms with Crippen molar-refractivity contribution >= 4 is 40.8 Å². The van der Waals surface area contributed by atoms with E-state index in [2.05, 4.69) is 0 Å². The van der Waals surface area contributed by atoms with Gasteiger partial charge in [-0.3, -0.25) is 9.59 Å². The number of anilines is 1. The first-order valence-electron chi connectivity index (χ1n) is 13.8. The van der Waals surface area contributed by atoms with Gasteiger partial charge in [0.1, 0.15) is 5.41 Å². The number of ether oxygens (including phenoxy) is 1. The fourth-order valence-electron chi connectivity index (χ4n) is 5.77. The lowest BCUT2D eigenvalue weighted by Gasteiger charge is -2.29. The maximum Gasteiger partial charge on any atom is 0.336 e. The molecular weight excluding hydrogens is 562 g/mol. The van der Waals surface area contributed by atoms with Crippen LogP contribution < -0.4 is 4.90 Å². The Balaban J connectivity index is 1.60. The van der Waals surface area contributed by atoms with Gasteiger partial charge in [0.25, 0.3) is 5.91 Å². The number of carbonyl (C=O) groups excluding carboxylic acids is 3. The third kappa shape index (κ3) is 5.02. The first-order chi connectivity index (χ1) is 20.8. The van der Waals surface area contributed by atoms with Crippen molar-refractivity contribution in [3.05, 3.63) is 148 Å². The number of carbonyl (C=O) groups is 3. The van der Waals surface area contributed by atoms with Crippen LogP contribution in [0.5, 0.6) is 0 Å². The number of benzene rings is 4. The van der Waals surface area contributed by atoms with Crippen LogP contribution in [0.25, 0.3) is 0 Å². The zero-order valence-electron chi connectivity index (χ0n) is 23.7. The summed E-state index contributed by atoms with van der Waals surface area (Å²) in [6.45, 7) is 2.24. The zero-order valence-corrected chi connectivity index (χ0v) is 24.4. The monoisotopic (exact) mass is 589 g/mol. The quantitative estimate of drug-likeness (QED) is 0.251. The lowest BCUT2D eigenvalue weighted by atomic mass is 9.70. The Kier molecular flexibility index (Phi) is 7.42. The van der Waals surface area contributed by atoms with Crippen LogP contribution in [0.15, 0.2) is 120 Å². The van der Waals surface area contributed by atoms with Gasteiger partial charge in [-0.1, -0.05) is 90.0 Å². The number of esters is 1. The molecule has 0 fully saturated rings. The van der Waals surface area contributed by atoms with E-state index < -0.39 is 17.3 Å². The number of aryl methyl sites for hydroxylation is 1. The molecule has 4 aromatic carbocycles. The van der Waals surface area contributed by atoms with Crippen molar-refractivity contribution in [2.75, 3.05) is 12.0 Å². The van der Waals surface area contributed by atoms with Gasteiger partial charge < -0.3 is 9.64 Å². The predicted molar refractivity (Wildman–Crippen MR) is 166 cm³/mol. The molecule has 1 atom stereocenters. The summed E-state index contributed by atoms with van der Waals surface area (Å²) in [4.78, 5) is 44.2. The highest BCUT2D eigenvalue weighted by atomic mass is 35.5. The van der Waals surface area contributed by atoms with Crippen LogP contribution in [-0.4, -0.2) is 35.6 Å². The largest absolute Gasteiger partial charge is 0.466 e. The molecule has 6 rings (SSSR count). The number of fused-ring (bicyclic) bond motifs is 2. The number of rotatable bonds is 5. The molecule has 0 radical (unpaired) electrons. The molecule has 4 aromatic rings. The average molecular weight is 590 g/mol. The van der Waals surface area contributed by atoms with Crippen molar-refractivity contribution in [2.24, 2.45) is 5.10 Å². The molecule has 2 amide bonds. The van der Waals surface area contributed by atoms with Crippen molar-refractivity contribution in [1.29, 1.82) is 0 Å². The number of hydrogen-bond acceptors (Lipinski definition) is 5. The number of nitrogens with zero attached hydrogens (tertiary/aromatic N) is 3. The predicted octanol–water partition coefficient (Wildman–Crippen LogP) is 6.44. The van der Waals surface area contributed by atoms with E-state index in [1.165, 1.54) is 13.3 Å². The van der Waals surface area contributed by atoms with E-state index in [0.717, 1.165) is 16.1 Å². The first-order valence-corrected chi connectivity index (χ1v) is 14.2. The Bertz CT molecular complexity index is 1790. The Hall–Kier alpha value is -5.01. The Morgan fingerprint density at radius 2 is 1.60 bits per heavy atom.